The molecule has 0 aromatic rings. The summed E-state index contributed by atoms with van der Waals surface area (Å²) in [7, 11) is 0. The molecule has 2 fully saturated rings. The van der Waals surface area contributed by atoms with Crippen molar-refractivity contribution >= 4 is 11.8 Å². The summed E-state index contributed by atoms with van der Waals surface area (Å²) in [4.78, 5) is 26.4. The second kappa shape index (κ2) is 6.57. The van der Waals surface area contributed by atoms with Crippen LogP contribution in [0, 0.1) is 11.8 Å². The lowest BCUT2D eigenvalue weighted by atomic mass is 10.0. The van der Waals surface area contributed by atoms with Gasteiger partial charge in [0, 0.05) is 19.6 Å². The molecule has 1 aliphatic carbocycles. The number of rotatable bonds is 6. The molecule has 5 nitrogen and oxygen atoms in total. The van der Waals surface area contributed by atoms with E-state index in [-0.39, 0.29) is 23.9 Å². The van der Waals surface area contributed by atoms with Crippen LogP contribution in [-0.4, -0.2) is 48.6 Å². The van der Waals surface area contributed by atoms with Crippen molar-refractivity contribution in [3.05, 3.63) is 0 Å². The molecule has 2 aliphatic rings. The van der Waals surface area contributed by atoms with Crippen molar-refractivity contribution < 1.29 is 14.3 Å². The molecule has 2 rings (SSSR count). The molecule has 1 N–H and O–H groups in total. The van der Waals surface area contributed by atoms with E-state index in [1.54, 1.807) is 0 Å². The smallest absolute Gasteiger partial charge is 0.245 e. The van der Waals surface area contributed by atoms with Gasteiger partial charge < -0.3 is 15.0 Å². The van der Waals surface area contributed by atoms with Crippen LogP contribution in [0.5, 0.6) is 0 Å². The predicted octanol–water partition coefficient (Wildman–Crippen LogP) is 1.17. The zero-order valence-corrected chi connectivity index (χ0v) is 12.7. The SMILES string of the molecule is CCOCC(C(C)C)N1CCC(=O)NC(C2CC2)C1=O. The number of nitrogens with zero attached hydrogens (tertiary/aromatic N) is 1. The maximum atomic E-state index is 12.7. The average molecular weight is 282 g/mol. The van der Waals surface area contributed by atoms with Crippen LogP contribution in [0.3, 0.4) is 0 Å². The molecule has 1 saturated carbocycles. The molecule has 0 spiro atoms. The molecule has 2 atom stereocenters. The second-order valence-electron chi connectivity index (χ2n) is 6.14. The summed E-state index contributed by atoms with van der Waals surface area (Å²) < 4.78 is 5.54. The van der Waals surface area contributed by atoms with Crippen LogP contribution in [0.4, 0.5) is 0 Å². The first-order chi connectivity index (χ1) is 9.54. The van der Waals surface area contributed by atoms with E-state index in [0.29, 0.717) is 38.0 Å². The average Bonchev–Trinajstić information content (AvgIpc) is 3.22. The highest BCUT2D eigenvalue weighted by Gasteiger charge is 2.42. The highest BCUT2D eigenvalue weighted by atomic mass is 16.5. The van der Waals surface area contributed by atoms with Gasteiger partial charge in [0.15, 0.2) is 0 Å². The van der Waals surface area contributed by atoms with Crippen LogP contribution in [0.1, 0.15) is 40.0 Å². The number of carbonyl (C=O) groups excluding carboxylic acids is 2. The summed E-state index contributed by atoms with van der Waals surface area (Å²) in [6, 6.07) is -0.260. The molecule has 0 aromatic carbocycles. The van der Waals surface area contributed by atoms with Crippen molar-refractivity contribution in [1.29, 1.82) is 0 Å². The van der Waals surface area contributed by atoms with E-state index >= 15 is 0 Å². The van der Waals surface area contributed by atoms with Gasteiger partial charge in [0.2, 0.25) is 11.8 Å². The third-order valence-corrected chi connectivity index (χ3v) is 4.20. The Morgan fingerprint density at radius 2 is 2.05 bits per heavy atom. The Morgan fingerprint density at radius 3 is 2.60 bits per heavy atom. The topological polar surface area (TPSA) is 58.6 Å². The zero-order valence-electron chi connectivity index (χ0n) is 12.7. The van der Waals surface area contributed by atoms with E-state index in [2.05, 4.69) is 19.2 Å². The fourth-order valence-electron chi connectivity index (χ4n) is 2.78. The van der Waals surface area contributed by atoms with Gasteiger partial charge >= 0.3 is 0 Å². The fraction of sp³-hybridized carbons (Fsp3) is 0.867. The quantitative estimate of drug-likeness (QED) is 0.795. The lowest BCUT2D eigenvalue weighted by molar-refractivity contribution is -0.138. The van der Waals surface area contributed by atoms with E-state index < -0.39 is 0 Å². The van der Waals surface area contributed by atoms with Crippen LogP contribution in [0.15, 0.2) is 0 Å². The first-order valence-corrected chi connectivity index (χ1v) is 7.72. The highest BCUT2D eigenvalue weighted by Crippen LogP contribution is 2.34. The van der Waals surface area contributed by atoms with Crippen LogP contribution >= 0.6 is 0 Å². The van der Waals surface area contributed by atoms with Gasteiger partial charge in [0.05, 0.1) is 12.6 Å². The van der Waals surface area contributed by atoms with Crippen LogP contribution in [0.2, 0.25) is 0 Å². The van der Waals surface area contributed by atoms with Gasteiger partial charge in [0.1, 0.15) is 6.04 Å². The Morgan fingerprint density at radius 1 is 1.35 bits per heavy atom. The Hall–Kier alpha value is -1.10. The van der Waals surface area contributed by atoms with Gasteiger partial charge in [-0.25, -0.2) is 0 Å². The molecular formula is C15H26N2O3. The molecule has 20 heavy (non-hydrogen) atoms. The lowest BCUT2D eigenvalue weighted by Gasteiger charge is -2.34. The second-order valence-corrected chi connectivity index (χ2v) is 6.14. The molecule has 1 saturated heterocycles. The fourth-order valence-corrected chi connectivity index (χ4v) is 2.78. The third-order valence-electron chi connectivity index (χ3n) is 4.20. The minimum Gasteiger partial charge on any atom is -0.380 e. The van der Waals surface area contributed by atoms with E-state index in [4.69, 9.17) is 4.74 Å². The molecule has 0 bridgehead atoms. The minimum atomic E-state index is -0.312. The van der Waals surface area contributed by atoms with Crippen LogP contribution in [-0.2, 0) is 14.3 Å². The first kappa shape index (κ1) is 15.3. The summed E-state index contributed by atoms with van der Waals surface area (Å²) in [5, 5.41) is 2.90. The van der Waals surface area contributed by atoms with Crippen molar-refractivity contribution in [3.8, 4) is 0 Å². The van der Waals surface area contributed by atoms with E-state index in [0.717, 1.165) is 12.8 Å². The van der Waals surface area contributed by atoms with Gasteiger partial charge in [-0.2, -0.15) is 0 Å². The van der Waals surface area contributed by atoms with Crippen molar-refractivity contribution in [1.82, 2.24) is 10.2 Å². The van der Waals surface area contributed by atoms with Crippen LogP contribution in [0.25, 0.3) is 0 Å². The largest absolute Gasteiger partial charge is 0.380 e. The van der Waals surface area contributed by atoms with Crippen molar-refractivity contribution in [2.24, 2.45) is 11.8 Å². The van der Waals surface area contributed by atoms with Gasteiger partial charge in [-0.15, -0.1) is 0 Å². The van der Waals surface area contributed by atoms with Gasteiger partial charge in [-0.05, 0) is 31.6 Å². The molecule has 5 heteroatoms. The number of nitrogens with one attached hydrogen (secondary N) is 1. The number of amides is 2. The molecule has 2 amide bonds. The molecular weight excluding hydrogens is 256 g/mol. The molecule has 1 aliphatic heterocycles. The summed E-state index contributed by atoms with van der Waals surface area (Å²) in [5.41, 5.74) is 0. The summed E-state index contributed by atoms with van der Waals surface area (Å²) in [5.74, 6) is 0.735. The van der Waals surface area contributed by atoms with Gasteiger partial charge in [-0.1, -0.05) is 13.8 Å². The maximum Gasteiger partial charge on any atom is 0.245 e. The van der Waals surface area contributed by atoms with E-state index in [1.165, 1.54) is 0 Å². The first-order valence-electron chi connectivity index (χ1n) is 7.72. The Bertz CT molecular complexity index is 366. The number of hydrogen-bond donors (Lipinski definition) is 1. The Labute approximate surface area is 121 Å². The lowest BCUT2D eigenvalue weighted by Crippen LogP contribution is -2.52. The van der Waals surface area contributed by atoms with E-state index in [1.807, 2.05) is 11.8 Å². The molecule has 0 radical (unpaired) electrons. The third kappa shape index (κ3) is 3.51. The molecule has 0 aromatic heterocycles. The standard InChI is InChI=1S/C15H26N2O3/c1-4-20-9-12(10(2)3)17-8-7-13(18)16-14(15(17)19)11-5-6-11/h10-12,14H,4-9H2,1-3H3,(H,16,18). The van der Waals surface area contributed by atoms with Crippen molar-refractivity contribution in [3.63, 3.8) is 0 Å². The summed E-state index contributed by atoms with van der Waals surface area (Å²) >= 11 is 0. The Balaban J connectivity index is 2.13. The van der Waals surface area contributed by atoms with Crippen molar-refractivity contribution in [2.45, 2.75) is 52.1 Å². The molecule has 114 valence electrons. The normalized spacial score (nSPS) is 25.6. The highest BCUT2D eigenvalue weighted by molar-refractivity contribution is 5.90. The number of hydrogen-bond acceptors (Lipinski definition) is 3. The molecule has 2 unspecified atom stereocenters. The van der Waals surface area contributed by atoms with Gasteiger partial charge in [0.25, 0.3) is 0 Å². The monoisotopic (exact) mass is 282 g/mol. The van der Waals surface area contributed by atoms with Crippen molar-refractivity contribution in [2.75, 3.05) is 19.8 Å². The minimum absolute atomic E-state index is 0.00309. The van der Waals surface area contributed by atoms with E-state index in [9.17, 15) is 9.59 Å². The number of carbonyl (C=O) groups is 2. The number of ether oxygens (including phenoxy) is 1. The predicted molar refractivity (Wildman–Crippen MR) is 76.1 cm³/mol. The summed E-state index contributed by atoms with van der Waals surface area (Å²) in [6.45, 7) is 7.86. The zero-order chi connectivity index (χ0) is 14.7. The summed E-state index contributed by atoms with van der Waals surface area (Å²) in [6.07, 6.45) is 2.48. The Kier molecular flexibility index (Phi) is 5.02. The molecule has 1 heterocycles. The van der Waals surface area contributed by atoms with Gasteiger partial charge in [-0.3, -0.25) is 9.59 Å². The van der Waals surface area contributed by atoms with Crippen LogP contribution < -0.4 is 5.32 Å². The maximum absolute atomic E-state index is 12.7.